The van der Waals surface area contributed by atoms with Gasteiger partial charge >= 0.3 is 5.97 Å². The van der Waals surface area contributed by atoms with E-state index in [4.69, 9.17) is 9.15 Å². The molecule has 0 unspecified atom stereocenters. The molecule has 0 saturated carbocycles. The van der Waals surface area contributed by atoms with Gasteiger partial charge in [-0.3, -0.25) is 14.5 Å². The molecule has 2 aliphatic heterocycles. The number of amides is 2. The lowest BCUT2D eigenvalue weighted by atomic mass is 10.3. The number of carbonyl (C=O) groups excluding carboxylic acids is 3. The van der Waals surface area contributed by atoms with Gasteiger partial charge in [-0.1, -0.05) is 0 Å². The molecular weight excluding hydrogens is 348 g/mol. The quantitative estimate of drug-likeness (QED) is 0.588. The van der Waals surface area contributed by atoms with Gasteiger partial charge < -0.3 is 18.8 Å². The highest BCUT2D eigenvalue weighted by Gasteiger charge is 2.41. The third-order valence-electron chi connectivity index (χ3n) is 3.96. The summed E-state index contributed by atoms with van der Waals surface area (Å²) in [6.45, 7) is 4.20. The Balaban J connectivity index is 1.76. The number of furan rings is 1. The van der Waals surface area contributed by atoms with Crippen LogP contribution < -0.4 is 4.90 Å². The number of anilines is 1. The first-order chi connectivity index (χ1) is 12.0. The number of esters is 1. The average molecular weight is 366 g/mol. The zero-order valence-electron chi connectivity index (χ0n) is 13.9. The SMILES string of the molecule is COC(=O)[C@@H](C)N1C(=O)S/C(=C\c2ccc(N3CCOCC3)o2)C1=O. The highest BCUT2D eigenvalue weighted by molar-refractivity contribution is 8.18. The first-order valence-electron chi connectivity index (χ1n) is 7.78. The van der Waals surface area contributed by atoms with Crippen LogP contribution >= 0.6 is 11.8 Å². The minimum atomic E-state index is -0.969. The van der Waals surface area contributed by atoms with Gasteiger partial charge in [0.25, 0.3) is 11.1 Å². The van der Waals surface area contributed by atoms with E-state index in [2.05, 4.69) is 4.74 Å². The first kappa shape index (κ1) is 17.6. The minimum absolute atomic E-state index is 0.212. The summed E-state index contributed by atoms with van der Waals surface area (Å²) in [5, 5.41) is -0.505. The van der Waals surface area contributed by atoms with Gasteiger partial charge in [-0.15, -0.1) is 0 Å². The fourth-order valence-corrected chi connectivity index (χ4v) is 3.48. The third kappa shape index (κ3) is 3.57. The number of thioether (sulfide) groups is 1. The van der Waals surface area contributed by atoms with Crippen LogP contribution in [-0.4, -0.2) is 61.5 Å². The molecule has 1 atom stereocenters. The zero-order chi connectivity index (χ0) is 18.0. The van der Waals surface area contributed by atoms with Crippen LogP contribution in [0.4, 0.5) is 10.7 Å². The summed E-state index contributed by atoms with van der Waals surface area (Å²) in [6.07, 6.45) is 1.51. The molecule has 0 radical (unpaired) electrons. The van der Waals surface area contributed by atoms with Gasteiger partial charge in [0.15, 0.2) is 5.88 Å². The second-order valence-electron chi connectivity index (χ2n) is 5.53. The van der Waals surface area contributed by atoms with E-state index in [1.165, 1.54) is 20.1 Å². The number of imide groups is 1. The third-order valence-corrected chi connectivity index (χ3v) is 4.85. The predicted molar refractivity (Wildman–Crippen MR) is 91.0 cm³/mol. The van der Waals surface area contributed by atoms with E-state index in [1.54, 1.807) is 6.07 Å². The van der Waals surface area contributed by atoms with Gasteiger partial charge in [0.05, 0.1) is 25.2 Å². The standard InChI is InChI=1S/C16H18N2O6S/c1-10(15(20)22-2)18-14(19)12(25-16(18)21)9-11-3-4-13(24-11)17-5-7-23-8-6-17/h3-4,9-10H,5-8H2,1-2H3/b12-9-/t10-/m1/s1. The van der Waals surface area contributed by atoms with Crippen molar-refractivity contribution < 1.29 is 28.3 Å². The van der Waals surface area contributed by atoms with Crippen LogP contribution in [0.25, 0.3) is 6.08 Å². The van der Waals surface area contributed by atoms with Crippen LogP contribution in [0, 0.1) is 0 Å². The van der Waals surface area contributed by atoms with Gasteiger partial charge in [0.1, 0.15) is 11.8 Å². The normalized spacial score (nSPS) is 21.1. The Morgan fingerprint density at radius 1 is 1.32 bits per heavy atom. The maximum absolute atomic E-state index is 12.4. The summed E-state index contributed by atoms with van der Waals surface area (Å²) in [6, 6.07) is 2.59. The molecule has 0 bridgehead atoms. The number of hydrogen-bond acceptors (Lipinski definition) is 8. The molecule has 0 spiro atoms. The summed E-state index contributed by atoms with van der Waals surface area (Å²) in [5.41, 5.74) is 0. The molecule has 2 aliphatic rings. The molecule has 0 aliphatic carbocycles. The largest absolute Gasteiger partial charge is 0.467 e. The molecule has 25 heavy (non-hydrogen) atoms. The van der Waals surface area contributed by atoms with Crippen LogP contribution in [0.1, 0.15) is 12.7 Å². The van der Waals surface area contributed by atoms with E-state index in [-0.39, 0.29) is 4.91 Å². The van der Waals surface area contributed by atoms with Crippen molar-refractivity contribution in [1.29, 1.82) is 0 Å². The van der Waals surface area contributed by atoms with Gasteiger partial charge in [-0.25, -0.2) is 4.79 Å². The Bertz CT molecular complexity index is 722. The zero-order valence-corrected chi connectivity index (χ0v) is 14.7. The fraction of sp³-hybridized carbons (Fsp3) is 0.438. The molecule has 3 heterocycles. The number of hydrogen-bond donors (Lipinski definition) is 0. The van der Waals surface area contributed by atoms with E-state index in [0.717, 1.165) is 29.8 Å². The second kappa shape index (κ2) is 7.32. The molecule has 3 rings (SSSR count). The fourth-order valence-electron chi connectivity index (χ4n) is 2.59. The van der Waals surface area contributed by atoms with E-state index in [9.17, 15) is 14.4 Å². The van der Waals surface area contributed by atoms with Crippen LogP contribution in [-0.2, 0) is 19.1 Å². The average Bonchev–Trinajstić information content (AvgIpc) is 3.19. The number of methoxy groups -OCH3 is 1. The molecule has 0 aromatic carbocycles. The minimum Gasteiger partial charge on any atom is -0.467 e. The first-order valence-corrected chi connectivity index (χ1v) is 8.60. The smallest absolute Gasteiger partial charge is 0.328 e. The van der Waals surface area contributed by atoms with E-state index in [1.807, 2.05) is 11.0 Å². The Morgan fingerprint density at radius 3 is 2.72 bits per heavy atom. The maximum atomic E-state index is 12.4. The lowest BCUT2D eigenvalue weighted by Crippen LogP contribution is -2.42. The number of rotatable bonds is 4. The van der Waals surface area contributed by atoms with Crippen molar-refractivity contribution in [3.8, 4) is 0 Å². The van der Waals surface area contributed by atoms with Crippen molar-refractivity contribution in [2.24, 2.45) is 0 Å². The van der Waals surface area contributed by atoms with E-state index >= 15 is 0 Å². The van der Waals surface area contributed by atoms with Crippen molar-refractivity contribution in [3.05, 3.63) is 22.8 Å². The summed E-state index contributed by atoms with van der Waals surface area (Å²) in [7, 11) is 1.21. The predicted octanol–water partition coefficient (Wildman–Crippen LogP) is 1.71. The highest BCUT2D eigenvalue weighted by Crippen LogP contribution is 2.34. The van der Waals surface area contributed by atoms with Crippen molar-refractivity contribution in [1.82, 2.24) is 4.90 Å². The van der Waals surface area contributed by atoms with Crippen LogP contribution in [0.5, 0.6) is 0 Å². The Labute approximate surface area is 148 Å². The van der Waals surface area contributed by atoms with Crippen molar-refractivity contribution >= 4 is 40.8 Å². The lowest BCUT2D eigenvalue weighted by molar-refractivity contribution is -0.148. The van der Waals surface area contributed by atoms with Crippen LogP contribution in [0.3, 0.4) is 0 Å². The Morgan fingerprint density at radius 2 is 2.04 bits per heavy atom. The van der Waals surface area contributed by atoms with Crippen LogP contribution in [0.15, 0.2) is 21.5 Å². The Kier molecular flexibility index (Phi) is 5.14. The maximum Gasteiger partial charge on any atom is 0.328 e. The molecule has 2 saturated heterocycles. The second-order valence-corrected chi connectivity index (χ2v) is 6.52. The number of ether oxygens (including phenoxy) is 2. The molecule has 0 N–H and O–H groups in total. The summed E-state index contributed by atoms with van der Waals surface area (Å²) < 4.78 is 15.6. The summed E-state index contributed by atoms with van der Waals surface area (Å²) in [5.74, 6) is -0.0113. The monoisotopic (exact) mass is 366 g/mol. The van der Waals surface area contributed by atoms with Gasteiger partial charge in [0.2, 0.25) is 0 Å². The Hall–Kier alpha value is -2.26. The topological polar surface area (TPSA) is 89.3 Å². The van der Waals surface area contributed by atoms with E-state index in [0.29, 0.717) is 24.9 Å². The molecular formula is C16H18N2O6S. The lowest BCUT2D eigenvalue weighted by Gasteiger charge is -2.26. The number of carbonyl (C=O) groups is 3. The molecule has 2 fully saturated rings. The number of morpholine rings is 1. The van der Waals surface area contributed by atoms with Gasteiger partial charge in [-0.05, 0) is 24.8 Å². The number of nitrogens with zero attached hydrogens (tertiary/aromatic N) is 2. The molecule has 9 heteroatoms. The van der Waals surface area contributed by atoms with Crippen LogP contribution in [0.2, 0.25) is 0 Å². The molecule has 2 amide bonds. The summed E-state index contributed by atoms with van der Waals surface area (Å²) >= 11 is 0.775. The van der Waals surface area contributed by atoms with Crippen molar-refractivity contribution in [2.75, 3.05) is 38.3 Å². The molecule has 134 valence electrons. The molecule has 8 nitrogen and oxygen atoms in total. The summed E-state index contributed by atoms with van der Waals surface area (Å²) in [4.78, 5) is 39.3. The molecule has 1 aromatic heterocycles. The van der Waals surface area contributed by atoms with Gasteiger partial charge in [-0.2, -0.15) is 0 Å². The van der Waals surface area contributed by atoms with Gasteiger partial charge in [0, 0.05) is 25.2 Å². The van der Waals surface area contributed by atoms with Crippen molar-refractivity contribution in [2.45, 2.75) is 13.0 Å². The molecule has 1 aromatic rings. The highest BCUT2D eigenvalue weighted by atomic mass is 32.2. The van der Waals surface area contributed by atoms with E-state index < -0.39 is 23.2 Å². The van der Waals surface area contributed by atoms with Crippen molar-refractivity contribution in [3.63, 3.8) is 0 Å².